The largest absolute Gasteiger partial charge is 0.367 e. The van der Waals surface area contributed by atoms with Crippen molar-refractivity contribution in [1.82, 2.24) is 4.90 Å². The molecule has 0 amide bonds. The van der Waals surface area contributed by atoms with E-state index in [9.17, 15) is 9.18 Å². The Morgan fingerprint density at radius 1 is 1.25 bits per heavy atom. The van der Waals surface area contributed by atoms with Crippen LogP contribution in [-0.2, 0) is 0 Å². The van der Waals surface area contributed by atoms with Crippen molar-refractivity contribution in [3.63, 3.8) is 0 Å². The molecule has 1 aromatic carbocycles. The molecule has 0 aliphatic carbocycles. The van der Waals surface area contributed by atoms with Gasteiger partial charge in [0.05, 0.1) is 11.3 Å². The SMILES string of the molecule is CN1CCN(c2cccc(C=O)c2F)CC1. The Labute approximate surface area is 94.5 Å². The molecule has 0 unspecified atom stereocenters. The standard InChI is InChI=1S/C12H15FN2O/c1-14-5-7-15(8-6-14)11-4-2-3-10(9-16)12(11)13/h2-4,9H,5-8H2,1H3. The van der Waals surface area contributed by atoms with Crippen LogP contribution in [0.2, 0.25) is 0 Å². The minimum Gasteiger partial charge on any atom is -0.367 e. The van der Waals surface area contributed by atoms with Gasteiger partial charge >= 0.3 is 0 Å². The Bertz CT molecular complexity index is 387. The van der Waals surface area contributed by atoms with Crippen LogP contribution in [0.1, 0.15) is 10.4 Å². The number of hydrogen-bond donors (Lipinski definition) is 0. The summed E-state index contributed by atoms with van der Waals surface area (Å²) in [6, 6.07) is 4.95. The highest BCUT2D eigenvalue weighted by atomic mass is 19.1. The van der Waals surface area contributed by atoms with Crippen molar-refractivity contribution in [2.75, 3.05) is 38.1 Å². The lowest BCUT2D eigenvalue weighted by Crippen LogP contribution is -2.44. The van der Waals surface area contributed by atoms with E-state index in [1.54, 1.807) is 12.1 Å². The molecule has 0 radical (unpaired) electrons. The average Bonchev–Trinajstić information content (AvgIpc) is 2.31. The summed E-state index contributed by atoms with van der Waals surface area (Å²) in [5, 5.41) is 0. The molecule has 0 spiro atoms. The fraction of sp³-hybridized carbons (Fsp3) is 0.417. The molecule has 1 fully saturated rings. The summed E-state index contributed by atoms with van der Waals surface area (Å²) in [5.41, 5.74) is 0.675. The molecular formula is C12H15FN2O. The number of halogens is 1. The molecule has 0 atom stereocenters. The summed E-state index contributed by atoms with van der Waals surface area (Å²) in [5.74, 6) is -0.401. The van der Waals surface area contributed by atoms with Crippen molar-refractivity contribution in [2.45, 2.75) is 0 Å². The minimum absolute atomic E-state index is 0.136. The van der Waals surface area contributed by atoms with E-state index in [-0.39, 0.29) is 5.56 Å². The summed E-state index contributed by atoms with van der Waals surface area (Å²) >= 11 is 0. The molecule has 0 aromatic heterocycles. The Kier molecular flexibility index (Phi) is 3.19. The van der Waals surface area contributed by atoms with Crippen LogP contribution in [0.25, 0.3) is 0 Å². The predicted molar refractivity (Wildman–Crippen MR) is 61.5 cm³/mol. The van der Waals surface area contributed by atoms with Crippen molar-refractivity contribution in [3.05, 3.63) is 29.6 Å². The Balaban J connectivity index is 2.23. The third kappa shape index (κ3) is 2.07. The fourth-order valence-corrected chi connectivity index (χ4v) is 1.92. The first-order chi connectivity index (χ1) is 7.72. The van der Waals surface area contributed by atoms with Crippen LogP contribution in [0.15, 0.2) is 18.2 Å². The fourth-order valence-electron chi connectivity index (χ4n) is 1.92. The third-order valence-electron chi connectivity index (χ3n) is 2.98. The van der Waals surface area contributed by atoms with E-state index in [2.05, 4.69) is 11.9 Å². The Hall–Kier alpha value is -1.42. The minimum atomic E-state index is -0.401. The maximum Gasteiger partial charge on any atom is 0.156 e. The maximum atomic E-state index is 13.9. The zero-order chi connectivity index (χ0) is 11.5. The molecule has 2 rings (SSSR count). The lowest BCUT2D eigenvalue weighted by Gasteiger charge is -2.34. The summed E-state index contributed by atoms with van der Waals surface area (Å²) in [4.78, 5) is 14.8. The number of hydrogen-bond acceptors (Lipinski definition) is 3. The molecular weight excluding hydrogens is 207 g/mol. The first kappa shape index (κ1) is 11.1. The molecule has 0 N–H and O–H groups in total. The number of benzene rings is 1. The van der Waals surface area contributed by atoms with Crippen LogP contribution >= 0.6 is 0 Å². The summed E-state index contributed by atoms with van der Waals surface area (Å²) in [6.07, 6.45) is 0.564. The number of nitrogens with zero attached hydrogens (tertiary/aromatic N) is 2. The second-order valence-electron chi connectivity index (χ2n) is 4.09. The van der Waals surface area contributed by atoms with Gasteiger partial charge in [0.1, 0.15) is 0 Å². The van der Waals surface area contributed by atoms with E-state index in [1.165, 1.54) is 6.07 Å². The van der Waals surface area contributed by atoms with Crippen LogP contribution in [0, 0.1) is 5.82 Å². The number of piperazine rings is 1. The molecule has 1 heterocycles. The first-order valence-corrected chi connectivity index (χ1v) is 5.39. The Morgan fingerprint density at radius 2 is 1.94 bits per heavy atom. The zero-order valence-corrected chi connectivity index (χ0v) is 9.32. The normalized spacial score (nSPS) is 17.5. The van der Waals surface area contributed by atoms with E-state index >= 15 is 0 Å². The first-order valence-electron chi connectivity index (χ1n) is 5.39. The van der Waals surface area contributed by atoms with Gasteiger partial charge in [-0.1, -0.05) is 6.07 Å². The molecule has 16 heavy (non-hydrogen) atoms. The van der Waals surface area contributed by atoms with Gasteiger partial charge in [-0.15, -0.1) is 0 Å². The highest BCUT2D eigenvalue weighted by Gasteiger charge is 2.18. The highest BCUT2D eigenvalue weighted by Crippen LogP contribution is 2.22. The predicted octanol–water partition coefficient (Wildman–Crippen LogP) is 1.39. The zero-order valence-electron chi connectivity index (χ0n) is 9.32. The van der Waals surface area contributed by atoms with Crippen LogP contribution in [0.4, 0.5) is 10.1 Å². The van der Waals surface area contributed by atoms with E-state index in [4.69, 9.17) is 0 Å². The average molecular weight is 222 g/mol. The van der Waals surface area contributed by atoms with Gasteiger partial charge in [-0.05, 0) is 19.2 Å². The van der Waals surface area contributed by atoms with Crippen molar-refractivity contribution >= 4 is 12.0 Å². The second-order valence-corrected chi connectivity index (χ2v) is 4.09. The van der Waals surface area contributed by atoms with Gasteiger partial charge in [-0.3, -0.25) is 4.79 Å². The summed E-state index contributed by atoms with van der Waals surface area (Å²) in [7, 11) is 2.05. The van der Waals surface area contributed by atoms with E-state index in [1.807, 2.05) is 4.90 Å². The van der Waals surface area contributed by atoms with Gasteiger partial charge in [-0.25, -0.2) is 4.39 Å². The van der Waals surface area contributed by atoms with Crippen LogP contribution < -0.4 is 4.90 Å². The van der Waals surface area contributed by atoms with Crippen molar-refractivity contribution in [2.24, 2.45) is 0 Å². The third-order valence-corrected chi connectivity index (χ3v) is 2.98. The van der Waals surface area contributed by atoms with Crippen LogP contribution in [0.5, 0.6) is 0 Å². The van der Waals surface area contributed by atoms with E-state index in [0.717, 1.165) is 26.2 Å². The molecule has 4 heteroatoms. The van der Waals surface area contributed by atoms with Gasteiger partial charge in [0.15, 0.2) is 12.1 Å². The highest BCUT2D eigenvalue weighted by molar-refractivity contribution is 5.77. The quantitative estimate of drug-likeness (QED) is 0.706. The van der Waals surface area contributed by atoms with Gasteiger partial charge in [-0.2, -0.15) is 0 Å². The van der Waals surface area contributed by atoms with E-state index in [0.29, 0.717) is 12.0 Å². The molecule has 86 valence electrons. The number of carbonyl (C=O) groups excluding carboxylic acids is 1. The summed E-state index contributed by atoms with van der Waals surface area (Å²) < 4.78 is 13.9. The molecule has 0 bridgehead atoms. The molecule has 1 aromatic rings. The smallest absolute Gasteiger partial charge is 0.156 e. The number of likely N-dealkylation sites (N-methyl/N-ethyl adjacent to an activating group) is 1. The van der Waals surface area contributed by atoms with Crippen LogP contribution in [-0.4, -0.2) is 44.4 Å². The van der Waals surface area contributed by atoms with Crippen molar-refractivity contribution in [3.8, 4) is 0 Å². The monoisotopic (exact) mass is 222 g/mol. The summed E-state index contributed by atoms with van der Waals surface area (Å²) in [6.45, 7) is 3.45. The van der Waals surface area contributed by atoms with E-state index < -0.39 is 5.82 Å². The lowest BCUT2D eigenvalue weighted by atomic mass is 10.1. The van der Waals surface area contributed by atoms with Crippen molar-refractivity contribution in [1.29, 1.82) is 0 Å². The lowest BCUT2D eigenvalue weighted by molar-refractivity contribution is 0.112. The molecule has 1 aliphatic heterocycles. The molecule has 1 aliphatic rings. The molecule has 3 nitrogen and oxygen atoms in total. The van der Waals surface area contributed by atoms with Crippen molar-refractivity contribution < 1.29 is 9.18 Å². The van der Waals surface area contributed by atoms with Gasteiger partial charge in [0, 0.05) is 26.2 Å². The number of rotatable bonds is 2. The van der Waals surface area contributed by atoms with Gasteiger partial charge < -0.3 is 9.80 Å². The van der Waals surface area contributed by atoms with Gasteiger partial charge in [0.25, 0.3) is 0 Å². The Morgan fingerprint density at radius 3 is 2.56 bits per heavy atom. The number of carbonyl (C=O) groups is 1. The number of anilines is 1. The molecule has 1 saturated heterocycles. The van der Waals surface area contributed by atoms with Crippen LogP contribution in [0.3, 0.4) is 0 Å². The number of aldehydes is 1. The maximum absolute atomic E-state index is 13.9. The molecule has 0 saturated carbocycles. The second kappa shape index (κ2) is 4.61. The topological polar surface area (TPSA) is 23.6 Å². The van der Waals surface area contributed by atoms with Gasteiger partial charge in [0.2, 0.25) is 0 Å².